The minimum absolute atomic E-state index is 0.204. The highest BCUT2D eigenvalue weighted by molar-refractivity contribution is 5.95. The maximum atomic E-state index is 11.7. The van der Waals surface area contributed by atoms with Crippen LogP contribution in [0.1, 0.15) is 24.6 Å². The Bertz CT molecular complexity index is 630. The van der Waals surface area contributed by atoms with E-state index in [1.807, 2.05) is 21.8 Å². The van der Waals surface area contributed by atoms with Gasteiger partial charge in [0, 0.05) is 44.9 Å². The quantitative estimate of drug-likeness (QED) is 0.841. The van der Waals surface area contributed by atoms with Gasteiger partial charge in [-0.15, -0.1) is 0 Å². The van der Waals surface area contributed by atoms with Crippen LogP contribution >= 0.6 is 0 Å². The molecule has 0 radical (unpaired) electrons. The van der Waals surface area contributed by atoms with Gasteiger partial charge in [-0.2, -0.15) is 5.10 Å². The van der Waals surface area contributed by atoms with Crippen molar-refractivity contribution >= 4 is 11.6 Å². The molecular weight excluding hydrogens is 270 g/mol. The summed E-state index contributed by atoms with van der Waals surface area (Å²) in [6.45, 7) is 3.52. The van der Waals surface area contributed by atoms with Crippen molar-refractivity contribution in [2.45, 2.75) is 25.4 Å². The Balaban J connectivity index is 1.36. The minimum atomic E-state index is 0.204. The second-order valence-corrected chi connectivity index (χ2v) is 5.67. The van der Waals surface area contributed by atoms with E-state index in [2.05, 4.69) is 15.2 Å². The molecule has 2 fully saturated rings. The van der Waals surface area contributed by atoms with Crippen LogP contribution in [-0.4, -0.2) is 45.4 Å². The van der Waals surface area contributed by atoms with Crippen LogP contribution in [0.15, 0.2) is 29.2 Å². The molecule has 0 unspecified atom stereocenters. The van der Waals surface area contributed by atoms with E-state index in [4.69, 9.17) is 4.52 Å². The van der Waals surface area contributed by atoms with E-state index in [9.17, 15) is 4.79 Å². The Labute approximate surface area is 122 Å². The summed E-state index contributed by atoms with van der Waals surface area (Å²) in [5, 5.41) is 8.33. The Morgan fingerprint density at radius 1 is 1.38 bits per heavy atom. The molecule has 2 saturated heterocycles. The molecule has 4 rings (SSSR count). The molecule has 0 saturated carbocycles. The molecule has 0 spiro atoms. The van der Waals surface area contributed by atoms with Gasteiger partial charge in [0.25, 0.3) is 0 Å². The van der Waals surface area contributed by atoms with E-state index in [1.54, 1.807) is 12.5 Å². The van der Waals surface area contributed by atoms with Crippen LogP contribution < -0.4 is 4.90 Å². The standard InChI is InChI=1S/C14H17N5O2/c20-14-2-1-4-18(14)12-6-15-19(10-12)13-8-17(9-13)7-11-3-5-21-16-11/h3,5-6,10,13H,1-2,4,7-9H2. The normalized spacial score (nSPS) is 20.2. The van der Waals surface area contributed by atoms with Crippen molar-refractivity contribution in [1.29, 1.82) is 0 Å². The summed E-state index contributed by atoms with van der Waals surface area (Å²) in [6, 6.07) is 2.27. The third kappa shape index (κ3) is 2.33. The van der Waals surface area contributed by atoms with Gasteiger partial charge in [0.1, 0.15) is 6.26 Å². The molecule has 7 heteroatoms. The number of aromatic nitrogens is 3. The third-order valence-electron chi connectivity index (χ3n) is 4.16. The topological polar surface area (TPSA) is 67.4 Å². The summed E-state index contributed by atoms with van der Waals surface area (Å²) in [6.07, 6.45) is 6.98. The number of likely N-dealkylation sites (tertiary alicyclic amines) is 1. The molecule has 2 aliphatic rings. The fraction of sp³-hybridized carbons (Fsp3) is 0.500. The number of rotatable bonds is 4. The number of hydrogen-bond acceptors (Lipinski definition) is 5. The zero-order valence-electron chi connectivity index (χ0n) is 11.7. The number of amides is 1. The first-order chi connectivity index (χ1) is 10.3. The number of hydrogen-bond donors (Lipinski definition) is 0. The summed E-state index contributed by atoms with van der Waals surface area (Å²) < 4.78 is 6.81. The maximum absolute atomic E-state index is 11.7. The summed E-state index contributed by atoms with van der Waals surface area (Å²) in [7, 11) is 0. The highest BCUT2D eigenvalue weighted by Crippen LogP contribution is 2.26. The van der Waals surface area contributed by atoms with E-state index >= 15 is 0 Å². The molecule has 0 aliphatic carbocycles. The van der Waals surface area contributed by atoms with Crippen LogP contribution in [0.5, 0.6) is 0 Å². The lowest BCUT2D eigenvalue weighted by Gasteiger charge is -2.38. The lowest BCUT2D eigenvalue weighted by molar-refractivity contribution is -0.117. The molecule has 0 atom stereocenters. The first kappa shape index (κ1) is 12.6. The number of carbonyl (C=O) groups excluding carboxylic acids is 1. The molecule has 1 amide bonds. The van der Waals surface area contributed by atoms with Gasteiger partial charge in [-0.1, -0.05) is 5.16 Å². The van der Waals surface area contributed by atoms with Crippen molar-refractivity contribution in [3.8, 4) is 0 Å². The van der Waals surface area contributed by atoms with Crippen molar-refractivity contribution < 1.29 is 9.32 Å². The van der Waals surface area contributed by atoms with Gasteiger partial charge in [0.2, 0.25) is 5.91 Å². The zero-order valence-corrected chi connectivity index (χ0v) is 11.7. The van der Waals surface area contributed by atoms with Crippen molar-refractivity contribution in [2.75, 3.05) is 24.5 Å². The Hall–Kier alpha value is -2.15. The number of nitrogens with zero attached hydrogens (tertiary/aromatic N) is 5. The van der Waals surface area contributed by atoms with Crippen molar-refractivity contribution in [3.63, 3.8) is 0 Å². The van der Waals surface area contributed by atoms with Gasteiger partial charge in [-0.3, -0.25) is 14.4 Å². The average Bonchev–Trinajstić information content (AvgIpc) is 3.14. The second-order valence-electron chi connectivity index (χ2n) is 5.67. The highest BCUT2D eigenvalue weighted by atomic mass is 16.5. The van der Waals surface area contributed by atoms with Gasteiger partial charge in [0.05, 0.1) is 23.6 Å². The van der Waals surface area contributed by atoms with E-state index < -0.39 is 0 Å². The van der Waals surface area contributed by atoms with Crippen LogP contribution in [0.2, 0.25) is 0 Å². The Morgan fingerprint density at radius 2 is 2.29 bits per heavy atom. The van der Waals surface area contributed by atoms with Gasteiger partial charge >= 0.3 is 0 Å². The second kappa shape index (κ2) is 5.00. The molecule has 0 bridgehead atoms. The SMILES string of the molecule is O=C1CCCN1c1cnn(C2CN(Cc3ccon3)C2)c1. The fourth-order valence-corrected chi connectivity index (χ4v) is 2.98. The van der Waals surface area contributed by atoms with Crippen LogP contribution in [0.25, 0.3) is 0 Å². The molecule has 110 valence electrons. The summed E-state index contributed by atoms with van der Waals surface area (Å²) >= 11 is 0. The number of carbonyl (C=O) groups is 1. The van der Waals surface area contributed by atoms with Crippen LogP contribution in [-0.2, 0) is 11.3 Å². The van der Waals surface area contributed by atoms with Crippen LogP contribution in [0, 0.1) is 0 Å². The van der Waals surface area contributed by atoms with E-state index in [0.29, 0.717) is 12.5 Å². The van der Waals surface area contributed by atoms with E-state index in [-0.39, 0.29) is 5.91 Å². The molecule has 2 aliphatic heterocycles. The molecule has 21 heavy (non-hydrogen) atoms. The average molecular weight is 287 g/mol. The highest BCUT2D eigenvalue weighted by Gasteiger charge is 2.30. The largest absolute Gasteiger partial charge is 0.364 e. The molecule has 7 nitrogen and oxygen atoms in total. The predicted octanol–water partition coefficient (Wildman–Crippen LogP) is 1.05. The molecule has 2 aromatic rings. The fourth-order valence-electron chi connectivity index (χ4n) is 2.98. The first-order valence-corrected chi connectivity index (χ1v) is 7.26. The summed E-state index contributed by atoms with van der Waals surface area (Å²) in [5.74, 6) is 0.204. The van der Waals surface area contributed by atoms with Gasteiger partial charge < -0.3 is 9.42 Å². The van der Waals surface area contributed by atoms with E-state index in [1.165, 1.54) is 0 Å². The zero-order chi connectivity index (χ0) is 14.2. The van der Waals surface area contributed by atoms with Crippen molar-refractivity contribution in [3.05, 3.63) is 30.4 Å². The van der Waals surface area contributed by atoms with Crippen molar-refractivity contribution in [1.82, 2.24) is 19.8 Å². The Morgan fingerprint density at radius 3 is 3.00 bits per heavy atom. The third-order valence-corrected chi connectivity index (χ3v) is 4.16. The molecule has 0 N–H and O–H groups in total. The van der Waals surface area contributed by atoms with Gasteiger partial charge in [-0.25, -0.2) is 0 Å². The minimum Gasteiger partial charge on any atom is -0.364 e. The molecule has 2 aromatic heterocycles. The van der Waals surface area contributed by atoms with Crippen LogP contribution in [0.3, 0.4) is 0 Å². The summed E-state index contributed by atoms with van der Waals surface area (Å²) in [4.78, 5) is 15.9. The lowest BCUT2D eigenvalue weighted by Crippen LogP contribution is -2.47. The number of anilines is 1. The monoisotopic (exact) mass is 287 g/mol. The molecule has 0 aromatic carbocycles. The predicted molar refractivity (Wildman–Crippen MR) is 74.6 cm³/mol. The van der Waals surface area contributed by atoms with Crippen LogP contribution in [0.4, 0.5) is 5.69 Å². The molecule has 4 heterocycles. The van der Waals surface area contributed by atoms with Gasteiger partial charge in [0.15, 0.2) is 0 Å². The summed E-state index contributed by atoms with van der Waals surface area (Å²) in [5.41, 5.74) is 1.88. The van der Waals surface area contributed by atoms with E-state index in [0.717, 1.165) is 44.0 Å². The lowest BCUT2D eigenvalue weighted by atomic mass is 10.1. The molecular formula is C14H17N5O2. The smallest absolute Gasteiger partial charge is 0.227 e. The van der Waals surface area contributed by atoms with Gasteiger partial charge in [-0.05, 0) is 6.42 Å². The van der Waals surface area contributed by atoms with Crippen molar-refractivity contribution in [2.24, 2.45) is 0 Å². The Kier molecular flexibility index (Phi) is 2.99. The maximum Gasteiger partial charge on any atom is 0.227 e. The first-order valence-electron chi connectivity index (χ1n) is 7.26.